The van der Waals surface area contributed by atoms with E-state index in [4.69, 9.17) is 0 Å². The van der Waals surface area contributed by atoms with Crippen molar-refractivity contribution in [2.24, 2.45) is 5.41 Å². The summed E-state index contributed by atoms with van der Waals surface area (Å²) in [6.45, 7) is 7.59. The first-order chi connectivity index (χ1) is 6.42. The van der Waals surface area contributed by atoms with Crippen molar-refractivity contribution in [3.63, 3.8) is 0 Å². The molecule has 1 aliphatic carbocycles. The van der Waals surface area contributed by atoms with Gasteiger partial charge in [0.25, 0.3) is 0 Å². The Morgan fingerprint density at radius 1 is 1.36 bits per heavy atom. The summed E-state index contributed by atoms with van der Waals surface area (Å²) in [6, 6.07) is 0. The highest BCUT2D eigenvalue weighted by Crippen LogP contribution is 2.50. The third-order valence-electron chi connectivity index (χ3n) is 4.05. The molecule has 3 nitrogen and oxygen atoms in total. The molecule has 2 rings (SSSR count). The van der Waals surface area contributed by atoms with Gasteiger partial charge in [0.2, 0.25) is 5.91 Å². The molecular formula is C11H15NO2. The Hall–Kier alpha value is -1.12. The molecule has 3 heteroatoms. The van der Waals surface area contributed by atoms with E-state index in [0.29, 0.717) is 12.0 Å². The first kappa shape index (κ1) is 9.44. The van der Waals surface area contributed by atoms with E-state index in [1.807, 2.05) is 13.8 Å². The van der Waals surface area contributed by atoms with Gasteiger partial charge >= 0.3 is 0 Å². The minimum absolute atomic E-state index is 0.137. The highest BCUT2D eigenvalue weighted by molar-refractivity contribution is 6.06. The molecule has 0 radical (unpaired) electrons. The molecule has 0 aromatic carbocycles. The van der Waals surface area contributed by atoms with E-state index in [-0.39, 0.29) is 17.1 Å². The van der Waals surface area contributed by atoms with Gasteiger partial charge in [-0.05, 0) is 19.8 Å². The van der Waals surface area contributed by atoms with Gasteiger partial charge in [0, 0.05) is 17.4 Å². The fraction of sp³-hybridized carbons (Fsp3) is 0.636. The fourth-order valence-corrected chi connectivity index (χ4v) is 2.62. The molecule has 1 aliphatic heterocycles. The quantitative estimate of drug-likeness (QED) is 0.587. The first-order valence-corrected chi connectivity index (χ1v) is 4.97. The van der Waals surface area contributed by atoms with Crippen LogP contribution in [0.3, 0.4) is 0 Å². The zero-order valence-corrected chi connectivity index (χ0v) is 8.64. The van der Waals surface area contributed by atoms with Crippen molar-refractivity contribution in [3.05, 3.63) is 12.2 Å². The van der Waals surface area contributed by atoms with Crippen molar-refractivity contribution in [1.29, 1.82) is 0 Å². The number of carbonyl (C=O) groups is 2. The lowest BCUT2D eigenvalue weighted by atomic mass is 9.62. The molecule has 0 aromatic rings. The third-order valence-corrected chi connectivity index (χ3v) is 4.05. The van der Waals surface area contributed by atoms with Crippen molar-refractivity contribution in [2.75, 3.05) is 0 Å². The SMILES string of the molecule is C=C1C(=O)NC2(C)C(=O)CCCC12C. The van der Waals surface area contributed by atoms with Crippen LogP contribution >= 0.6 is 0 Å². The van der Waals surface area contributed by atoms with Crippen molar-refractivity contribution < 1.29 is 9.59 Å². The molecule has 1 saturated carbocycles. The average Bonchev–Trinajstić information content (AvgIpc) is 2.29. The first-order valence-electron chi connectivity index (χ1n) is 4.97. The lowest BCUT2D eigenvalue weighted by molar-refractivity contribution is -0.132. The summed E-state index contributed by atoms with van der Waals surface area (Å²) in [7, 11) is 0. The molecule has 76 valence electrons. The van der Waals surface area contributed by atoms with Crippen molar-refractivity contribution in [2.45, 2.75) is 38.6 Å². The molecule has 1 saturated heterocycles. The predicted octanol–water partition coefficient (Wildman–Crippen LogP) is 1.19. The van der Waals surface area contributed by atoms with Gasteiger partial charge in [-0.2, -0.15) is 0 Å². The molecular weight excluding hydrogens is 178 g/mol. The number of amides is 1. The van der Waals surface area contributed by atoms with Crippen LogP contribution in [0.1, 0.15) is 33.1 Å². The number of rotatable bonds is 0. The van der Waals surface area contributed by atoms with Crippen LogP contribution in [0.4, 0.5) is 0 Å². The number of ketones is 1. The van der Waals surface area contributed by atoms with E-state index < -0.39 is 5.54 Å². The Bertz CT molecular complexity index is 345. The Morgan fingerprint density at radius 2 is 2.00 bits per heavy atom. The maximum absolute atomic E-state index is 11.8. The summed E-state index contributed by atoms with van der Waals surface area (Å²) < 4.78 is 0. The summed E-state index contributed by atoms with van der Waals surface area (Å²) in [4.78, 5) is 23.4. The second kappa shape index (κ2) is 2.47. The molecule has 0 aromatic heterocycles. The van der Waals surface area contributed by atoms with Gasteiger partial charge in [-0.3, -0.25) is 9.59 Å². The van der Waals surface area contributed by atoms with E-state index >= 15 is 0 Å². The number of hydrogen-bond donors (Lipinski definition) is 1. The lowest BCUT2D eigenvalue weighted by Gasteiger charge is -2.42. The summed E-state index contributed by atoms with van der Waals surface area (Å²) in [5.74, 6) is -0.0245. The topological polar surface area (TPSA) is 46.2 Å². The van der Waals surface area contributed by atoms with Gasteiger partial charge in [0.05, 0.1) is 0 Å². The fourth-order valence-electron chi connectivity index (χ4n) is 2.62. The Morgan fingerprint density at radius 3 is 2.57 bits per heavy atom. The van der Waals surface area contributed by atoms with Crippen LogP contribution in [0.25, 0.3) is 0 Å². The van der Waals surface area contributed by atoms with Crippen LogP contribution in [-0.4, -0.2) is 17.2 Å². The smallest absolute Gasteiger partial charge is 0.248 e. The largest absolute Gasteiger partial charge is 0.339 e. The third kappa shape index (κ3) is 0.825. The highest BCUT2D eigenvalue weighted by atomic mass is 16.2. The molecule has 0 bridgehead atoms. The van der Waals surface area contributed by atoms with Gasteiger partial charge < -0.3 is 5.32 Å². The molecule has 2 fully saturated rings. The summed E-state index contributed by atoms with van der Waals surface area (Å²) >= 11 is 0. The lowest BCUT2D eigenvalue weighted by Crippen LogP contribution is -2.57. The predicted molar refractivity (Wildman–Crippen MR) is 52.7 cm³/mol. The number of nitrogens with one attached hydrogen (secondary N) is 1. The summed E-state index contributed by atoms with van der Waals surface area (Å²) in [6.07, 6.45) is 2.30. The van der Waals surface area contributed by atoms with Crippen LogP contribution in [0.15, 0.2) is 12.2 Å². The maximum atomic E-state index is 11.8. The summed E-state index contributed by atoms with van der Waals surface area (Å²) in [5.41, 5.74) is -0.521. The Balaban J connectivity index is 2.54. The van der Waals surface area contributed by atoms with Crippen LogP contribution in [0.5, 0.6) is 0 Å². The second-order valence-electron chi connectivity index (χ2n) is 4.67. The van der Waals surface area contributed by atoms with Crippen molar-refractivity contribution in [3.8, 4) is 0 Å². The molecule has 1 N–H and O–H groups in total. The van der Waals surface area contributed by atoms with Crippen molar-refractivity contribution >= 4 is 11.7 Å². The number of Topliss-reactive ketones (excluding diaryl/α,β-unsaturated/α-hetero) is 1. The molecule has 1 amide bonds. The number of fused-ring (bicyclic) bond motifs is 1. The van der Waals surface area contributed by atoms with Crippen LogP contribution in [0.2, 0.25) is 0 Å². The molecule has 1 heterocycles. The van der Waals surface area contributed by atoms with E-state index in [9.17, 15) is 9.59 Å². The summed E-state index contributed by atoms with van der Waals surface area (Å²) in [5, 5.41) is 2.78. The van der Waals surface area contributed by atoms with Gasteiger partial charge in [-0.25, -0.2) is 0 Å². The monoisotopic (exact) mass is 193 g/mol. The van der Waals surface area contributed by atoms with E-state index in [1.54, 1.807) is 0 Å². The van der Waals surface area contributed by atoms with Gasteiger partial charge in [-0.15, -0.1) is 0 Å². The van der Waals surface area contributed by atoms with Crippen LogP contribution in [-0.2, 0) is 9.59 Å². The average molecular weight is 193 g/mol. The van der Waals surface area contributed by atoms with Crippen molar-refractivity contribution in [1.82, 2.24) is 5.32 Å². The van der Waals surface area contributed by atoms with Gasteiger partial charge in [0.1, 0.15) is 5.54 Å². The molecule has 2 aliphatic rings. The maximum Gasteiger partial charge on any atom is 0.248 e. The molecule has 2 atom stereocenters. The number of hydrogen-bond acceptors (Lipinski definition) is 2. The highest BCUT2D eigenvalue weighted by Gasteiger charge is 2.60. The van der Waals surface area contributed by atoms with Crippen LogP contribution < -0.4 is 5.32 Å². The zero-order chi connectivity index (χ0) is 10.6. The van der Waals surface area contributed by atoms with E-state index in [2.05, 4.69) is 11.9 Å². The second-order valence-corrected chi connectivity index (χ2v) is 4.67. The van der Waals surface area contributed by atoms with Gasteiger partial charge in [0.15, 0.2) is 5.78 Å². The molecule has 2 unspecified atom stereocenters. The van der Waals surface area contributed by atoms with Gasteiger partial charge in [-0.1, -0.05) is 13.5 Å². The van der Waals surface area contributed by atoms with Crippen LogP contribution in [0, 0.1) is 5.41 Å². The molecule has 0 spiro atoms. The Kier molecular flexibility index (Phi) is 1.66. The minimum Gasteiger partial charge on any atom is -0.339 e. The van der Waals surface area contributed by atoms with E-state index in [1.165, 1.54) is 0 Å². The number of carbonyl (C=O) groups excluding carboxylic acids is 2. The van der Waals surface area contributed by atoms with E-state index in [0.717, 1.165) is 12.8 Å². The minimum atomic E-state index is -0.709. The normalized spacial score (nSPS) is 42.3. The Labute approximate surface area is 83.6 Å². The standard InChI is InChI=1S/C11H15NO2/c1-7-9(14)12-11(3)8(13)5-4-6-10(7,11)2/h1,4-6H2,2-3H3,(H,12,14). The zero-order valence-electron chi connectivity index (χ0n) is 8.64. The molecule has 14 heavy (non-hydrogen) atoms.